The zero-order valence-electron chi connectivity index (χ0n) is 17.6. The first-order valence-corrected chi connectivity index (χ1v) is 11.1. The number of para-hydroxylation sites is 2. The normalized spacial score (nSPS) is 10.3. The second-order valence-corrected chi connectivity index (χ2v) is 8.07. The van der Waals surface area contributed by atoms with Crippen LogP contribution < -0.4 is 15.4 Å². The van der Waals surface area contributed by atoms with Gasteiger partial charge in [0.25, 0.3) is 11.8 Å². The zero-order chi connectivity index (χ0) is 23.0. The van der Waals surface area contributed by atoms with E-state index in [1.807, 2.05) is 66.7 Å². The van der Waals surface area contributed by atoms with Crippen molar-refractivity contribution in [3.63, 3.8) is 0 Å². The summed E-state index contributed by atoms with van der Waals surface area (Å²) in [5.74, 6) is -0.119. The van der Waals surface area contributed by atoms with E-state index in [2.05, 4.69) is 26.6 Å². The fourth-order valence-electron chi connectivity index (χ4n) is 3.27. The number of nitrogens with one attached hydrogen (secondary N) is 2. The molecule has 4 rings (SSSR count). The van der Waals surface area contributed by atoms with Crippen molar-refractivity contribution in [3.8, 4) is 16.9 Å². The van der Waals surface area contributed by atoms with Crippen molar-refractivity contribution >= 4 is 39.1 Å². The van der Waals surface area contributed by atoms with Crippen molar-refractivity contribution in [1.82, 2.24) is 0 Å². The lowest BCUT2D eigenvalue weighted by atomic mass is 10.1. The van der Waals surface area contributed by atoms with Gasteiger partial charge >= 0.3 is 0 Å². The predicted octanol–water partition coefficient (Wildman–Crippen LogP) is 6.39. The summed E-state index contributed by atoms with van der Waals surface area (Å²) < 4.78 is 6.45. The number of rotatable bonds is 7. The Kier molecular flexibility index (Phi) is 7.17. The Morgan fingerprint density at radius 1 is 0.727 bits per heavy atom. The first kappa shape index (κ1) is 22.3. The van der Waals surface area contributed by atoms with Gasteiger partial charge in [-0.25, -0.2) is 0 Å². The van der Waals surface area contributed by atoms with Crippen LogP contribution in [-0.4, -0.2) is 18.4 Å². The molecule has 0 heterocycles. The minimum atomic E-state index is -0.367. The second kappa shape index (κ2) is 10.6. The Hall–Kier alpha value is -3.90. The summed E-state index contributed by atoms with van der Waals surface area (Å²) in [5.41, 5.74) is 3.59. The van der Waals surface area contributed by atoms with Gasteiger partial charge in [0, 0.05) is 5.69 Å². The van der Waals surface area contributed by atoms with E-state index in [0.29, 0.717) is 22.7 Å². The van der Waals surface area contributed by atoms with Crippen LogP contribution in [-0.2, 0) is 4.79 Å². The minimum absolute atomic E-state index is 0.197. The molecule has 4 aromatic carbocycles. The largest absolute Gasteiger partial charge is 0.483 e. The molecular formula is C27H21BrN2O3. The number of hydrogen-bond donors (Lipinski definition) is 2. The summed E-state index contributed by atoms with van der Waals surface area (Å²) >= 11 is 3.51. The van der Waals surface area contributed by atoms with Crippen LogP contribution in [0.15, 0.2) is 108 Å². The van der Waals surface area contributed by atoms with Gasteiger partial charge < -0.3 is 15.4 Å². The first-order valence-electron chi connectivity index (χ1n) is 10.3. The molecule has 0 aliphatic carbocycles. The summed E-state index contributed by atoms with van der Waals surface area (Å²) in [6.07, 6.45) is 0. The number of carbonyl (C=O) groups is 2. The molecule has 2 amide bonds. The lowest BCUT2D eigenvalue weighted by Crippen LogP contribution is -2.22. The molecule has 0 unspecified atom stereocenters. The van der Waals surface area contributed by atoms with Gasteiger partial charge in [-0.15, -0.1) is 0 Å². The SMILES string of the molecule is O=C(COc1ccc(-c2ccccc2)cc1Br)Nc1ccccc1C(=O)Nc1ccccc1. The number of anilines is 2. The van der Waals surface area contributed by atoms with Crippen molar-refractivity contribution in [2.24, 2.45) is 0 Å². The van der Waals surface area contributed by atoms with E-state index in [1.165, 1.54) is 0 Å². The maximum atomic E-state index is 12.7. The zero-order valence-corrected chi connectivity index (χ0v) is 19.2. The van der Waals surface area contributed by atoms with Gasteiger partial charge in [-0.2, -0.15) is 0 Å². The molecule has 33 heavy (non-hydrogen) atoms. The molecule has 164 valence electrons. The highest BCUT2D eigenvalue weighted by Crippen LogP contribution is 2.30. The monoisotopic (exact) mass is 500 g/mol. The molecule has 5 nitrogen and oxygen atoms in total. The van der Waals surface area contributed by atoms with Gasteiger partial charge in [0.05, 0.1) is 15.7 Å². The Balaban J connectivity index is 1.39. The van der Waals surface area contributed by atoms with E-state index in [0.717, 1.165) is 15.6 Å². The lowest BCUT2D eigenvalue weighted by Gasteiger charge is -2.13. The Morgan fingerprint density at radius 2 is 1.39 bits per heavy atom. The minimum Gasteiger partial charge on any atom is -0.483 e. The molecule has 0 bridgehead atoms. The summed E-state index contributed by atoms with van der Waals surface area (Å²) in [6.45, 7) is -0.197. The molecule has 0 fully saturated rings. The third-order valence-electron chi connectivity index (χ3n) is 4.88. The highest BCUT2D eigenvalue weighted by molar-refractivity contribution is 9.10. The van der Waals surface area contributed by atoms with Crippen molar-refractivity contribution in [2.45, 2.75) is 0 Å². The van der Waals surface area contributed by atoms with E-state index in [1.54, 1.807) is 36.4 Å². The molecule has 2 N–H and O–H groups in total. The maximum Gasteiger partial charge on any atom is 0.262 e. The molecule has 0 saturated carbocycles. The Morgan fingerprint density at radius 3 is 2.12 bits per heavy atom. The van der Waals surface area contributed by atoms with Crippen LogP contribution >= 0.6 is 15.9 Å². The third kappa shape index (κ3) is 5.87. The summed E-state index contributed by atoms with van der Waals surface area (Å²) in [4.78, 5) is 25.2. The number of carbonyl (C=O) groups excluding carboxylic acids is 2. The fraction of sp³-hybridized carbons (Fsp3) is 0.0370. The molecule has 0 radical (unpaired) electrons. The average molecular weight is 501 g/mol. The fourth-order valence-corrected chi connectivity index (χ4v) is 3.76. The van der Waals surface area contributed by atoms with Gasteiger partial charge in [0.15, 0.2) is 6.61 Å². The van der Waals surface area contributed by atoms with Gasteiger partial charge in [-0.05, 0) is 63.5 Å². The highest BCUT2D eigenvalue weighted by Gasteiger charge is 2.14. The van der Waals surface area contributed by atoms with Crippen LogP contribution in [0.5, 0.6) is 5.75 Å². The second-order valence-electron chi connectivity index (χ2n) is 7.21. The van der Waals surface area contributed by atoms with Crippen LogP contribution in [0.2, 0.25) is 0 Å². The summed E-state index contributed by atoms with van der Waals surface area (Å²) in [5, 5.41) is 5.59. The number of ether oxygens (including phenoxy) is 1. The predicted molar refractivity (Wildman–Crippen MR) is 135 cm³/mol. The molecule has 0 atom stereocenters. The van der Waals surface area contributed by atoms with Crippen LogP contribution in [0.3, 0.4) is 0 Å². The van der Waals surface area contributed by atoms with Crippen LogP contribution in [0.1, 0.15) is 10.4 Å². The molecule has 0 aromatic heterocycles. The number of benzene rings is 4. The summed E-state index contributed by atoms with van der Waals surface area (Å²) in [7, 11) is 0. The smallest absolute Gasteiger partial charge is 0.262 e. The van der Waals surface area contributed by atoms with Gasteiger partial charge in [0.1, 0.15) is 5.75 Å². The standard InChI is InChI=1S/C27H21BrN2O3/c28-23-17-20(19-9-3-1-4-10-19)15-16-25(23)33-18-26(31)30-24-14-8-7-13-22(24)27(32)29-21-11-5-2-6-12-21/h1-17H,18H2,(H,29,32)(H,30,31). The van der Waals surface area contributed by atoms with Crippen LogP contribution in [0.25, 0.3) is 11.1 Å². The molecule has 0 aliphatic rings. The van der Waals surface area contributed by atoms with Crippen molar-refractivity contribution < 1.29 is 14.3 Å². The van der Waals surface area contributed by atoms with Gasteiger partial charge in [-0.1, -0.05) is 66.7 Å². The van der Waals surface area contributed by atoms with E-state index in [9.17, 15) is 9.59 Å². The highest BCUT2D eigenvalue weighted by atomic mass is 79.9. The Bertz CT molecular complexity index is 1260. The van der Waals surface area contributed by atoms with Crippen molar-refractivity contribution in [2.75, 3.05) is 17.2 Å². The van der Waals surface area contributed by atoms with E-state index in [-0.39, 0.29) is 18.4 Å². The molecular weight excluding hydrogens is 480 g/mol. The van der Waals surface area contributed by atoms with E-state index in [4.69, 9.17) is 4.74 Å². The molecule has 0 saturated heterocycles. The lowest BCUT2D eigenvalue weighted by molar-refractivity contribution is -0.118. The number of halogens is 1. The van der Waals surface area contributed by atoms with Crippen molar-refractivity contribution in [3.05, 3.63) is 113 Å². The molecule has 0 spiro atoms. The third-order valence-corrected chi connectivity index (χ3v) is 5.49. The molecule has 0 aliphatic heterocycles. The van der Waals surface area contributed by atoms with Crippen LogP contribution in [0, 0.1) is 0 Å². The van der Waals surface area contributed by atoms with Gasteiger partial charge in [0.2, 0.25) is 0 Å². The molecule has 6 heteroatoms. The van der Waals surface area contributed by atoms with Gasteiger partial charge in [-0.3, -0.25) is 9.59 Å². The number of hydrogen-bond acceptors (Lipinski definition) is 3. The maximum absolute atomic E-state index is 12.7. The van der Waals surface area contributed by atoms with Crippen LogP contribution in [0.4, 0.5) is 11.4 Å². The van der Waals surface area contributed by atoms with E-state index >= 15 is 0 Å². The molecule has 4 aromatic rings. The average Bonchev–Trinajstić information content (AvgIpc) is 2.85. The van der Waals surface area contributed by atoms with E-state index < -0.39 is 0 Å². The van der Waals surface area contributed by atoms with Crippen molar-refractivity contribution in [1.29, 1.82) is 0 Å². The first-order chi connectivity index (χ1) is 16.1. The Labute approximate surface area is 200 Å². The quantitative estimate of drug-likeness (QED) is 0.309. The summed E-state index contributed by atoms with van der Waals surface area (Å²) in [6, 6.07) is 31.7. The topological polar surface area (TPSA) is 67.4 Å². The number of amides is 2.